The standard InChI is InChI=1S/C9H13NO4S.Na.H/c10-8-4-1-2-5-9(8)14-6-3-7-15(11,12)13;;/h1-2,4-5H,3,6-7,10H2,(H,11,12,13);;/q;+1;-1. The number of rotatable bonds is 5. The van der Waals surface area contributed by atoms with Crippen molar-refractivity contribution in [2.24, 2.45) is 0 Å². The van der Waals surface area contributed by atoms with Gasteiger partial charge in [-0.15, -0.1) is 0 Å². The van der Waals surface area contributed by atoms with Gasteiger partial charge in [-0.2, -0.15) is 8.42 Å². The van der Waals surface area contributed by atoms with E-state index < -0.39 is 10.1 Å². The van der Waals surface area contributed by atoms with E-state index in [1.54, 1.807) is 24.3 Å². The first-order valence-electron chi connectivity index (χ1n) is 4.41. The maximum Gasteiger partial charge on any atom is 1.00 e. The van der Waals surface area contributed by atoms with Crippen molar-refractivity contribution in [3.05, 3.63) is 24.3 Å². The van der Waals surface area contributed by atoms with Crippen LogP contribution in [0.1, 0.15) is 7.85 Å². The SMILES string of the molecule is Nc1ccccc1OCCCS(=O)(=O)O.[H-].[Na+]. The van der Waals surface area contributed by atoms with Crippen LogP contribution in [0.2, 0.25) is 0 Å². The van der Waals surface area contributed by atoms with E-state index in [0.717, 1.165) is 0 Å². The first-order chi connectivity index (χ1) is 6.99. The third-order valence-electron chi connectivity index (χ3n) is 1.72. The van der Waals surface area contributed by atoms with Crippen molar-refractivity contribution in [2.75, 3.05) is 18.1 Å². The Morgan fingerprint density at radius 3 is 2.56 bits per heavy atom. The number of hydrogen-bond donors (Lipinski definition) is 2. The van der Waals surface area contributed by atoms with Gasteiger partial charge in [0.25, 0.3) is 10.1 Å². The minimum absolute atomic E-state index is 0. The first-order valence-corrected chi connectivity index (χ1v) is 6.02. The van der Waals surface area contributed by atoms with E-state index in [4.69, 9.17) is 15.0 Å². The summed E-state index contributed by atoms with van der Waals surface area (Å²) in [5.41, 5.74) is 6.10. The Morgan fingerprint density at radius 2 is 2.00 bits per heavy atom. The van der Waals surface area contributed by atoms with Crippen LogP contribution in [-0.4, -0.2) is 25.3 Å². The quantitative estimate of drug-likeness (QED) is 0.276. The molecule has 0 saturated carbocycles. The van der Waals surface area contributed by atoms with E-state index in [-0.39, 0.29) is 49.8 Å². The molecule has 0 amide bonds. The molecule has 0 atom stereocenters. The minimum Gasteiger partial charge on any atom is -1.00 e. The van der Waals surface area contributed by atoms with Crippen molar-refractivity contribution in [1.29, 1.82) is 0 Å². The van der Waals surface area contributed by atoms with Gasteiger partial charge < -0.3 is 11.9 Å². The second-order valence-electron chi connectivity index (χ2n) is 3.03. The van der Waals surface area contributed by atoms with Gasteiger partial charge in [-0.05, 0) is 18.6 Å². The molecule has 0 aromatic heterocycles. The molecule has 0 bridgehead atoms. The molecule has 7 heteroatoms. The molecule has 0 radical (unpaired) electrons. The largest absolute Gasteiger partial charge is 1.00 e. The van der Waals surface area contributed by atoms with Gasteiger partial charge in [0, 0.05) is 0 Å². The Bertz CT molecular complexity index is 427. The van der Waals surface area contributed by atoms with E-state index in [0.29, 0.717) is 11.4 Å². The van der Waals surface area contributed by atoms with Crippen LogP contribution in [0.4, 0.5) is 5.69 Å². The number of benzene rings is 1. The zero-order chi connectivity index (χ0) is 11.3. The summed E-state index contributed by atoms with van der Waals surface area (Å²) in [7, 11) is -3.90. The summed E-state index contributed by atoms with van der Waals surface area (Å²) >= 11 is 0. The number of ether oxygens (including phenoxy) is 1. The molecule has 16 heavy (non-hydrogen) atoms. The Hall–Kier alpha value is -0.270. The summed E-state index contributed by atoms with van der Waals surface area (Å²) in [5, 5.41) is 0. The van der Waals surface area contributed by atoms with E-state index in [1.807, 2.05) is 0 Å². The number of nitrogen functional groups attached to an aromatic ring is 1. The number of hydrogen-bond acceptors (Lipinski definition) is 4. The van der Waals surface area contributed by atoms with Gasteiger partial charge in [0.2, 0.25) is 0 Å². The van der Waals surface area contributed by atoms with Crippen molar-refractivity contribution < 1.29 is 48.7 Å². The molecule has 5 nitrogen and oxygen atoms in total. The Labute approximate surface area is 119 Å². The molecule has 1 aromatic carbocycles. The maximum absolute atomic E-state index is 10.4. The molecule has 1 rings (SSSR count). The topological polar surface area (TPSA) is 89.6 Å². The predicted molar refractivity (Wildman–Crippen MR) is 58.5 cm³/mol. The molecule has 0 aliphatic heterocycles. The van der Waals surface area contributed by atoms with Crippen molar-refractivity contribution >= 4 is 15.8 Å². The summed E-state index contributed by atoms with van der Waals surface area (Å²) in [4.78, 5) is 0. The van der Waals surface area contributed by atoms with Gasteiger partial charge in [-0.25, -0.2) is 0 Å². The van der Waals surface area contributed by atoms with Crippen molar-refractivity contribution in [2.45, 2.75) is 6.42 Å². The maximum atomic E-state index is 10.4. The van der Waals surface area contributed by atoms with Gasteiger partial charge in [0.1, 0.15) is 5.75 Å². The second kappa shape index (κ2) is 7.13. The van der Waals surface area contributed by atoms with Gasteiger partial charge in [-0.3, -0.25) is 4.55 Å². The van der Waals surface area contributed by atoms with E-state index in [1.165, 1.54) is 0 Å². The average Bonchev–Trinajstić information content (AvgIpc) is 2.13. The van der Waals surface area contributed by atoms with Gasteiger partial charge in [0.15, 0.2) is 0 Å². The molecule has 0 fully saturated rings. The fraction of sp³-hybridized carbons (Fsp3) is 0.333. The van der Waals surface area contributed by atoms with Crippen molar-refractivity contribution in [3.63, 3.8) is 0 Å². The van der Waals surface area contributed by atoms with Gasteiger partial charge in [-0.1, -0.05) is 12.1 Å². The molecule has 0 heterocycles. The summed E-state index contributed by atoms with van der Waals surface area (Å²) in [5.74, 6) is 0.215. The minimum atomic E-state index is -3.90. The third-order valence-corrected chi connectivity index (χ3v) is 2.53. The monoisotopic (exact) mass is 255 g/mol. The molecular weight excluding hydrogens is 241 g/mol. The second-order valence-corrected chi connectivity index (χ2v) is 4.60. The average molecular weight is 255 g/mol. The first kappa shape index (κ1) is 15.7. The molecular formula is C9H14NNaO4S. The van der Waals surface area contributed by atoms with Crippen molar-refractivity contribution in [1.82, 2.24) is 0 Å². The summed E-state index contributed by atoms with van der Waals surface area (Å²) < 4.78 is 34.5. The Balaban J connectivity index is 0. The fourth-order valence-electron chi connectivity index (χ4n) is 1.04. The molecule has 0 aliphatic carbocycles. The van der Waals surface area contributed by atoms with Crippen LogP contribution in [0.15, 0.2) is 24.3 Å². The predicted octanol–water partition coefficient (Wildman–Crippen LogP) is -1.96. The molecule has 0 spiro atoms. The number of para-hydroxylation sites is 2. The van der Waals surface area contributed by atoms with Gasteiger partial charge in [0.05, 0.1) is 18.0 Å². The molecule has 0 unspecified atom stereocenters. The van der Waals surface area contributed by atoms with Crippen LogP contribution < -0.4 is 40.0 Å². The molecule has 1 aromatic rings. The fourth-order valence-corrected chi connectivity index (χ4v) is 1.52. The summed E-state index contributed by atoms with van der Waals surface area (Å²) in [6.45, 7) is 0.202. The molecule has 3 N–H and O–H groups in total. The normalized spacial score (nSPS) is 10.6. The van der Waals surface area contributed by atoms with Crippen LogP contribution >= 0.6 is 0 Å². The van der Waals surface area contributed by atoms with Crippen LogP contribution in [0.5, 0.6) is 5.75 Å². The van der Waals surface area contributed by atoms with Crippen LogP contribution in [0, 0.1) is 0 Å². The molecule has 0 saturated heterocycles. The summed E-state index contributed by atoms with van der Waals surface area (Å²) in [6, 6.07) is 6.94. The van der Waals surface area contributed by atoms with Crippen molar-refractivity contribution in [3.8, 4) is 5.75 Å². The van der Waals surface area contributed by atoms with E-state index in [2.05, 4.69) is 0 Å². The molecule has 86 valence electrons. The van der Waals surface area contributed by atoms with Crippen LogP contribution in [0.25, 0.3) is 0 Å². The smallest absolute Gasteiger partial charge is 1.00 e. The zero-order valence-electron chi connectivity index (χ0n) is 10.1. The molecule has 0 aliphatic rings. The van der Waals surface area contributed by atoms with E-state index >= 15 is 0 Å². The van der Waals surface area contributed by atoms with Crippen LogP contribution in [-0.2, 0) is 10.1 Å². The third kappa shape index (κ3) is 6.34. The Kier molecular flexibility index (Phi) is 7.01. The number of nitrogens with two attached hydrogens (primary N) is 1. The summed E-state index contributed by atoms with van der Waals surface area (Å²) in [6.07, 6.45) is 0.229. The zero-order valence-corrected chi connectivity index (χ0v) is 11.9. The van der Waals surface area contributed by atoms with Gasteiger partial charge >= 0.3 is 29.6 Å². The van der Waals surface area contributed by atoms with E-state index in [9.17, 15) is 8.42 Å². The number of anilines is 1. The Morgan fingerprint density at radius 1 is 1.38 bits per heavy atom. The van der Waals surface area contributed by atoms with Crippen LogP contribution in [0.3, 0.4) is 0 Å².